The summed E-state index contributed by atoms with van der Waals surface area (Å²) in [6.07, 6.45) is 10.2. The summed E-state index contributed by atoms with van der Waals surface area (Å²) in [5.41, 5.74) is 2.38. The number of pyridine rings is 1. The second-order valence-corrected chi connectivity index (χ2v) is 6.23. The lowest BCUT2D eigenvalue weighted by molar-refractivity contribution is 0.548. The molecule has 0 bridgehead atoms. The summed E-state index contributed by atoms with van der Waals surface area (Å²) in [7, 11) is 2.20. The number of hydrogen-bond acceptors (Lipinski definition) is 2. The van der Waals surface area contributed by atoms with Crippen LogP contribution >= 0.6 is 11.6 Å². The molecule has 0 unspecified atom stereocenters. The van der Waals surface area contributed by atoms with Gasteiger partial charge in [-0.25, -0.2) is 4.98 Å². The van der Waals surface area contributed by atoms with Gasteiger partial charge in [0.05, 0.1) is 0 Å². The predicted octanol–water partition coefficient (Wildman–Crippen LogP) is 4.93. The van der Waals surface area contributed by atoms with Crippen LogP contribution in [0.25, 0.3) is 0 Å². The van der Waals surface area contributed by atoms with Crippen molar-refractivity contribution in [1.82, 2.24) is 4.98 Å². The van der Waals surface area contributed by atoms with E-state index in [-0.39, 0.29) is 0 Å². The van der Waals surface area contributed by atoms with Crippen molar-refractivity contribution < 1.29 is 0 Å². The summed E-state index contributed by atoms with van der Waals surface area (Å²) >= 11 is 6.04. The smallest absolute Gasteiger partial charge is 0.129 e. The van der Waals surface area contributed by atoms with Crippen LogP contribution in [0.4, 0.5) is 5.82 Å². The number of hydrogen-bond donors (Lipinski definition) is 0. The van der Waals surface area contributed by atoms with E-state index in [9.17, 15) is 0 Å². The SMILES string of the molecule is CCCc1cc(CCl)cc(N(C)C2CCCCCC2)n1. The first-order chi connectivity index (χ1) is 9.74. The molecule has 0 amide bonds. The average molecular weight is 295 g/mol. The minimum Gasteiger partial charge on any atom is -0.357 e. The molecule has 0 aromatic carbocycles. The van der Waals surface area contributed by atoms with Crippen molar-refractivity contribution in [3.63, 3.8) is 0 Å². The van der Waals surface area contributed by atoms with E-state index in [0.29, 0.717) is 11.9 Å². The average Bonchev–Trinajstić information content (AvgIpc) is 2.75. The molecule has 1 fully saturated rings. The molecule has 1 aromatic heterocycles. The third kappa shape index (κ3) is 4.12. The van der Waals surface area contributed by atoms with E-state index in [1.54, 1.807) is 0 Å². The number of anilines is 1. The van der Waals surface area contributed by atoms with Crippen molar-refractivity contribution in [2.75, 3.05) is 11.9 Å². The van der Waals surface area contributed by atoms with Crippen molar-refractivity contribution in [3.8, 4) is 0 Å². The topological polar surface area (TPSA) is 16.1 Å². The summed E-state index contributed by atoms with van der Waals surface area (Å²) in [5.74, 6) is 1.68. The number of aromatic nitrogens is 1. The van der Waals surface area contributed by atoms with Gasteiger partial charge in [-0.05, 0) is 37.0 Å². The van der Waals surface area contributed by atoms with E-state index in [4.69, 9.17) is 16.6 Å². The molecule has 0 atom stereocenters. The first kappa shape index (κ1) is 15.6. The molecule has 1 aliphatic rings. The van der Waals surface area contributed by atoms with Gasteiger partial charge in [0.1, 0.15) is 5.82 Å². The molecule has 112 valence electrons. The normalized spacial score (nSPS) is 16.9. The number of nitrogens with zero attached hydrogens (tertiary/aromatic N) is 2. The Bertz CT molecular complexity index is 411. The molecule has 20 heavy (non-hydrogen) atoms. The van der Waals surface area contributed by atoms with Gasteiger partial charge in [-0.15, -0.1) is 11.6 Å². The number of rotatable bonds is 5. The molecule has 1 saturated carbocycles. The van der Waals surface area contributed by atoms with E-state index in [1.807, 2.05) is 0 Å². The Balaban J connectivity index is 2.18. The zero-order valence-electron chi connectivity index (χ0n) is 12.9. The van der Waals surface area contributed by atoms with Crippen molar-refractivity contribution in [3.05, 3.63) is 23.4 Å². The molecule has 1 heterocycles. The van der Waals surface area contributed by atoms with Crippen LogP contribution in [0.1, 0.15) is 63.1 Å². The molecule has 2 rings (SSSR count). The second-order valence-electron chi connectivity index (χ2n) is 5.96. The van der Waals surface area contributed by atoms with Crippen molar-refractivity contribution in [2.24, 2.45) is 0 Å². The van der Waals surface area contributed by atoms with Gasteiger partial charge in [-0.1, -0.05) is 39.0 Å². The maximum atomic E-state index is 6.04. The zero-order valence-corrected chi connectivity index (χ0v) is 13.6. The molecule has 0 N–H and O–H groups in total. The zero-order chi connectivity index (χ0) is 14.4. The number of halogens is 1. The fraction of sp³-hybridized carbons (Fsp3) is 0.706. The van der Waals surface area contributed by atoms with Gasteiger partial charge in [-0.2, -0.15) is 0 Å². The second kappa shape index (κ2) is 7.87. The van der Waals surface area contributed by atoms with Crippen molar-refractivity contribution in [2.45, 2.75) is 70.2 Å². The summed E-state index contributed by atoms with van der Waals surface area (Å²) in [6, 6.07) is 4.96. The van der Waals surface area contributed by atoms with Crippen LogP contribution in [0.3, 0.4) is 0 Å². The first-order valence-electron chi connectivity index (χ1n) is 8.03. The van der Waals surface area contributed by atoms with Crippen LogP contribution in [0.2, 0.25) is 0 Å². The molecule has 2 nitrogen and oxygen atoms in total. The summed E-state index contributed by atoms with van der Waals surface area (Å²) in [5, 5.41) is 0. The van der Waals surface area contributed by atoms with Gasteiger partial charge in [0, 0.05) is 24.7 Å². The Morgan fingerprint density at radius 3 is 2.50 bits per heavy atom. The van der Waals surface area contributed by atoms with Gasteiger partial charge in [0.2, 0.25) is 0 Å². The van der Waals surface area contributed by atoms with E-state index < -0.39 is 0 Å². The minimum atomic E-state index is 0.574. The molecule has 3 heteroatoms. The molecular weight excluding hydrogens is 268 g/mol. The largest absolute Gasteiger partial charge is 0.357 e. The van der Waals surface area contributed by atoms with E-state index in [1.165, 1.54) is 49.8 Å². The third-order valence-electron chi connectivity index (χ3n) is 4.32. The van der Waals surface area contributed by atoms with Crippen molar-refractivity contribution in [1.29, 1.82) is 0 Å². The number of alkyl halides is 1. The Morgan fingerprint density at radius 1 is 1.20 bits per heavy atom. The first-order valence-corrected chi connectivity index (χ1v) is 8.56. The van der Waals surface area contributed by atoms with Gasteiger partial charge in [-0.3, -0.25) is 0 Å². The fourth-order valence-corrected chi connectivity index (χ4v) is 3.26. The van der Waals surface area contributed by atoms with E-state index in [0.717, 1.165) is 18.7 Å². The monoisotopic (exact) mass is 294 g/mol. The predicted molar refractivity (Wildman–Crippen MR) is 87.7 cm³/mol. The van der Waals surface area contributed by atoms with Crippen LogP contribution in [-0.2, 0) is 12.3 Å². The Kier molecular flexibility index (Phi) is 6.15. The molecule has 0 radical (unpaired) electrons. The molecule has 0 spiro atoms. The van der Waals surface area contributed by atoms with Crippen LogP contribution < -0.4 is 4.90 Å². The van der Waals surface area contributed by atoms with E-state index >= 15 is 0 Å². The highest BCUT2D eigenvalue weighted by molar-refractivity contribution is 6.17. The Labute approximate surface area is 128 Å². The quantitative estimate of drug-likeness (QED) is 0.565. The van der Waals surface area contributed by atoms with Crippen LogP contribution in [-0.4, -0.2) is 18.1 Å². The minimum absolute atomic E-state index is 0.574. The third-order valence-corrected chi connectivity index (χ3v) is 4.63. The lowest BCUT2D eigenvalue weighted by Gasteiger charge is -2.29. The van der Waals surface area contributed by atoms with Gasteiger partial charge < -0.3 is 4.90 Å². The maximum absolute atomic E-state index is 6.04. The molecule has 1 aliphatic carbocycles. The molecule has 0 aliphatic heterocycles. The van der Waals surface area contributed by atoms with Gasteiger partial charge >= 0.3 is 0 Å². The standard InChI is InChI=1S/C17H27ClN2/c1-3-8-15-11-14(13-18)12-17(19-15)20(2)16-9-6-4-5-7-10-16/h11-12,16H,3-10,13H2,1-2H3. The number of aryl methyl sites for hydroxylation is 1. The highest BCUT2D eigenvalue weighted by Gasteiger charge is 2.18. The van der Waals surface area contributed by atoms with Gasteiger partial charge in [0.25, 0.3) is 0 Å². The Hall–Kier alpha value is -0.760. The van der Waals surface area contributed by atoms with Gasteiger partial charge in [0.15, 0.2) is 0 Å². The summed E-state index contributed by atoms with van der Waals surface area (Å²) in [4.78, 5) is 7.23. The van der Waals surface area contributed by atoms with E-state index in [2.05, 4.69) is 31.0 Å². The molecule has 0 saturated heterocycles. The van der Waals surface area contributed by atoms with Crippen LogP contribution in [0.15, 0.2) is 12.1 Å². The Morgan fingerprint density at radius 2 is 1.90 bits per heavy atom. The van der Waals surface area contributed by atoms with Crippen LogP contribution in [0, 0.1) is 0 Å². The summed E-state index contributed by atoms with van der Waals surface area (Å²) in [6.45, 7) is 2.20. The fourth-order valence-electron chi connectivity index (χ4n) is 3.11. The highest BCUT2D eigenvalue weighted by atomic mass is 35.5. The molecular formula is C17H27ClN2. The highest BCUT2D eigenvalue weighted by Crippen LogP contribution is 2.25. The lowest BCUT2D eigenvalue weighted by atomic mass is 10.1. The maximum Gasteiger partial charge on any atom is 0.129 e. The lowest BCUT2D eigenvalue weighted by Crippen LogP contribution is -2.32. The molecule has 1 aromatic rings. The summed E-state index contributed by atoms with van der Waals surface area (Å²) < 4.78 is 0. The van der Waals surface area contributed by atoms with Crippen LogP contribution in [0.5, 0.6) is 0 Å². The van der Waals surface area contributed by atoms with Crippen molar-refractivity contribution >= 4 is 17.4 Å².